The zero-order valence-corrected chi connectivity index (χ0v) is 13.4. The molecule has 0 saturated heterocycles. The summed E-state index contributed by atoms with van der Waals surface area (Å²) in [5.74, 6) is 1.03. The lowest BCUT2D eigenvalue weighted by Gasteiger charge is -2.14. The Morgan fingerprint density at radius 1 is 0.647 bits per heavy atom. The SMILES string of the molecule is C=C.CC.CCCCCCC(CCC)CCC. The van der Waals surface area contributed by atoms with Gasteiger partial charge in [0.1, 0.15) is 0 Å². The first-order valence-electron chi connectivity index (χ1n) is 7.85. The second-order valence-corrected chi connectivity index (χ2v) is 4.29. The Kier molecular flexibility index (Phi) is 32.1. The van der Waals surface area contributed by atoms with Gasteiger partial charge in [0.15, 0.2) is 0 Å². The molecule has 0 spiro atoms. The second kappa shape index (κ2) is 24.8. The summed E-state index contributed by atoms with van der Waals surface area (Å²) in [6.07, 6.45) is 12.9. The summed E-state index contributed by atoms with van der Waals surface area (Å²) in [6, 6.07) is 0. The first-order valence-corrected chi connectivity index (χ1v) is 7.85. The number of hydrogen-bond acceptors (Lipinski definition) is 0. The van der Waals surface area contributed by atoms with Gasteiger partial charge in [-0.1, -0.05) is 92.4 Å². The average molecular weight is 242 g/mol. The van der Waals surface area contributed by atoms with Crippen LogP contribution in [0.15, 0.2) is 13.2 Å². The standard InChI is InChI=1S/C13H28.C2H6.C2H4/c1-4-7-8-9-12-13(10-5-2)11-6-3;2*1-2/h13H,4-12H2,1-3H3;1-2H3;1-2H2. The van der Waals surface area contributed by atoms with Crippen molar-refractivity contribution in [1.82, 2.24) is 0 Å². The molecule has 0 amide bonds. The summed E-state index contributed by atoms with van der Waals surface area (Å²) in [6.45, 7) is 16.9. The van der Waals surface area contributed by atoms with E-state index < -0.39 is 0 Å². The molecule has 0 aliphatic heterocycles. The molecule has 0 nitrogen and oxygen atoms in total. The Balaban J connectivity index is -0.000000439. The number of hydrogen-bond donors (Lipinski definition) is 0. The lowest BCUT2D eigenvalue weighted by molar-refractivity contribution is 0.392. The third-order valence-corrected chi connectivity index (χ3v) is 2.86. The largest absolute Gasteiger partial charge is 0.106 e. The lowest BCUT2D eigenvalue weighted by Crippen LogP contribution is -1.99. The van der Waals surface area contributed by atoms with E-state index in [4.69, 9.17) is 0 Å². The maximum atomic E-state index is 3.00. The predicted octanol–water partition coefficient (Wildman–Crippen LogP) is 7.00. The van der Waals surface area contributed by atoms with Gasteiger partial charge in [0.2, 0.25) is 0 Å². The maximum Gasteiger partial charge on any atom is -0.0414 e. The average Bonchev–Trinajstić information content (AvgIpc) is 2.40. The first-order chi connectivity index (χ1) is 8.35. The van der Waals surface area contributed by atoms with Crippen molar-refractivity contribution in [2.24, 2.45) is 5.92 Å². The van der Waals surface area contributed by atoms with Crippen LogP contribution in [0.5, 0.6) is 0 Å². The molecule has 0 heteroatoms. The quantitative estimate of drug-likeness (QED) is 0.301. The summed E-state index contributed by atoms with van der Waals surface area (Å²) in [5.41, 5.74) is 0. The lowest BCUT2D eigenvalue weighted by atomic mass is 9.92. The molecule has 0 aromatic carbocycles. The third-order valence-electron chi connectivity index (χ3n) is 2.86. The zero-order chi connectivity index (χ0) is 13.9. The van der Waals surface area contributed by atoms with Gasteiger partial charge in [0.25, 0.3) is 0 Å². The van der Waals surface area contributed by atoms with Gasteiger partial charge >= 0.3 is 0 Å². The van der Waals surface area contributed by atoms with Crippen LogP contribution in [0.1, 0.15) is 92.4 Å². The van der Waals surface area contributed by atoms with E-state index in [9.17, 15) is 0 Å². The van der Waals surface area contributed by atoms with Gasteiger partial charge in [-0.2, -0.15) is 0 Å². The van der Waals surface area contributed by atoms with Gasteiger partial charge in [-0.15, -0.1) is 13.2 Å². The van der Waals surface area contributed by atoms with Crippen molar-refractivity contribution in [2.45, 2.75) is 92.4 Å². The van der Waals surface area contributed by atoms with Gasteiger partial charge < -0.3 is 0 Å². The van der Waals surface area contributed by atoms with Crippen molar-refractivity contribution in [3.63, 3.8) is 0 Å². The topological polar surface area (TPSA) is 0 Å². The van der Waals surface area contributed by atoms with Crippen molar-refractivity contribution >= 4 is 0 Å². The molecule has 0 aromatic rings. The number of unbranched alkanes of at least 4 members (excludes halogenated alkanes) is 3. The smallest absolute Gasteiger partial charge is 0.0414 e. The Bertz CT molecular complexity index is 90.2. The highest BCUT2D eigenvalue weighted by molar-refractivity contribution is 4.58. The molecule has 0 unspecified atom stereocenters. The highest BCUT2D eigenvalue weighted by Crippen LogP contribution is 2.20. The van der Waals surface area contributed by atoms with Gasteiger partial charge in [0.05, 0.1) is 0 Å². The molecule has 17 heavy (non-hydrogen) atoms. The minimum atomic E-state index is 1.03. The molecular weight excluding hydrogens is 204 g/mol. The molecule has 0 atom stereocenters. The van der Waals surface area contributed by atoms with Crippen molar-refractivity contribution in [2.75, 3.05) is 0 Å². The summed E-state index contributed by atoms with van der Waals surface area (Å²) >= 11 is 0. The molecule has 0 N–H and O–H groups in total. The normalized spacial score (nSPS) is 9.06. The van der Waals surface area contributed by atoms with E-state index in [0.717, 1.165) is 5.92 Å². The molecule has 0 aliphatic carbocycles. The Morgan fingerprint density at radius 3 is 1.47 bits per heavy atom. The van der Waals surface area contributed by atoms with Crippen LogP contribution in [-0.4, -0.2) is 0 Å². The van der Waals surface area contributed by atoms with E-state index in [2.05, 4.69) is 33.9 Å². The number of rotatable bonds is 9. The fourth-order valence-corrected chi connectivity index (χ4v) is 2.11. The molecule has 0 fully saturated rings. The monoisotopic (exact) mass is 242 g/mol. The summed E-state index contributed by atoms with van der Waals surface area (Å²) in [4.78, 5) is 0. The predicted molar refractivity (Wildman–Crippen MR) is 84.7 cm³/mol. The fourth-order valence-electron chi connectivity index (χ4n) is 2.11. The van der Waals surface area contributed by atoms with E-state index in [1.165, 1.54) is 57.8 Å². The van der Waals surface area contributed by atoms with Crippen LogP contribution < -0.4 is 0 Å². The zero-order valence-electron chi connectivity index (χ0n) is 13.4. The molecule has 0 rings (SSSR count). The second-order valence-electron chi connectivity index (χ2n) is 4.29. The molecule has 0 aromatic heterocycles. The van der Waals surface area contributed by atoms with Crippen molar-refractivity contribution in [3.8, 4) is 0 Å². The first kappa shape index (κ1) is 22.0. The fraction of sp³-hybridized carbons (Fsp3) is 0.882. The van der Waals surface area contributed by atoms with Gasteiger partial charge in [0, 0.05) is 0 Å². The Labute approximate surface area is 112 Å². The van der Waals surface area contributed by atoms with E-state index in [1.807, 2.05) is 13.8 Å². The summed E-state index contributed by atoms with van der Waals surface area (Å²) < 4.78 is 0. The Hall–Kier alpha value is -0.260. The molecule has 106 valence electrons. The van der Waals surface area contributed by atoms with Crippen LogP contribution >= 0.6 is 0 Å². The van der Waals surface area contributed by atoms with Gasteiger partial charge in [-0.25, -0.2) is 0 Å². The van der Waals surface area contributed by atoms with E-state index in [0.29, 0.717) is 0 Å². The molecular formula is C17H38. The summed E-state index contributed by atoms with van der Waals surface area (Å²) in [5, 5.41) is 0. The van der Waals surface area contributed by atoms with Crippen molar-refractivity contribution < 1.29 is 0 Å². The van der Waals surface area contributed by atoms with E-state index in [1.54, 1.807) is 0 Å². The highest BCUT2D eigenvalue weighted by Gasteiger charge is 2.05. The highest BCUT2D eigenvalue weighted by atomic mass is 14.1. The van der Waals surface area contributed by atoms with E-state index >= 15 is 0 Å². The molecule has 0 heterocycles. The third kappa shape index (κ3) is 21.6. The minimum absolute atomic E-state index is 1.03. The van der Waals surface area contributed by atoms with Crippen LogP contribution in [0.2, 0.25) is 0 Å². The molecule has 0 bridgehead atoms. The minimum Gasteiger partial charge on any atom is -0.106 e. The maximum absolute atomic E-state index is 3.00. The molecule has 0 radical (unpaired) electrons. The molecule has 0 saturated carbocycles. The van der Waals surface area contributed by atoms with Crippen LogP contribution in [0.25, 0.3) is 0 Å². The van der Waals surface area contributed by atoms with Gasteiger partial charge in [-0.05, 0) is 5.92 Å². The van der Waals surface area contributed by atoms with Crippen molar-refractivity contribution in [3.05, 3.63) is 13.2 Å². The van der Waals surface area contributed by atoms with Gasteiger partial charge in [-0.3, -0.25) is 0 Å². The van der Waals surface area contributed by atoms with Crippen LogP contribution in [0, 0.1) is 5.92 Å². The molecule has 0 aliphatic rings. The van der Waals surface area contributed by atoms with Crippen LogP contribution in [0.3, 0.4) is 0 Å². The van der Waals surface area contributed by atoms with E-state index in [-0.39, 0.29) is 0 Å². The van der Waals surface area contributed by atoms with Crippen molar-refractivity contribution in [1.29, 1.82) is 0 Å². The summed E-state index contributed by atoms with van der Waals surface area (Å²) in [7, 11) is 0. The van der Waals surface area contributed by atoms with Crippen LogP contribution in [-0.2, 0) is 0 Å². The van der Waals surface area contributed by atoms with Crippen LogP contribution in [0.4, 0.5) is 0 Å². The Morgan fingerprint density at radius 2 is 1.12 bits per heavy atom.